The standard InChI is InChI=1S/C33H43N5O4/c1-33(2,3)23-9-6-21(7-10-23)18-37-20-35-26-17-27(31(39)36-25-13-11-24(34)12-14-25)38(19-28(26)37)32(40)22-8-15-29(41-4)30(16-22)42-5/h6-10,15-16,20,24-25,27H,11-14,17-19,34H2,1-5H3,(H,36,39). The summed E-state index contributed by atoms with van der Waals surface area (Å²) in [4.78, 5) is 34.2. The molecule has 42 heavy (non-hydrogen) atoms. The normalized spacial score (nSPS) is 20.5. The molecule has 2 aromatic carbocycles. The van der Waals surface area contributed by atoms with Gasteiger partial charge in [0.15, 0.2) is 11.5 Å². The molecule has 2 amide bonds. The molecule has 3 N–H and O–H groups in total. The molecule has 3 aromatic rings. The van der Waals surface area contributed by atoms with Crippen LogP contribution in [0.4, 0.5) is 0 Å². The van der Waals surface area contributed by atoms with Gasteiger partial charge in [-0.2, -0.15) is 0 Å². The summed E-state index contributed by atoms with van der Waals surface area (Å²) in [6.07, 6.45) is 5.63. The average Bonchev–Trinajstić information content (AvgIpc) is 3.38. The molecule has 1 aromatic heterocycles. The summed E-state index contributed by atoms with van der Waals surface area (Å²) < 4.78 is 12.9. The van der Waals surface area contributed by atoms with Gasteiger partial charge < -0.3 is 30.0 Å². The van der Waals surface area contributed by atoms with Crippen molar-refractivity contribution in [1.29, 1.82) is 0 Å². The van der Waals surface area contributed by atoms with Gasteiger partial charge in [-0.05, 0) is 60.4 Å². The molecule has 0 radical (unpaired) electrons. The molecular formula is C33H43N5O4. The highest BCUT2D eigenvalue weighted by atomic mass is 16.5. The number of imidazole rings is 1. The summed E-state index contributed by atoms with van der Waals surface area (Å²) in [5, 5.41) is 3.21. The van der Waals surface area contributed by atoms with Crippen LogP contribution in [0, 0.1) is 0 Å². The fourth-order valence-electron chi connectivity index (χ4n) is 5.95. The first kappa shape index (κ1) is 29.6. The van der Waals surface area contributed by atoms with Crippen molar-refractivity contribution in [3.8, 4) is 11.5 Å². The zero-order valence-corrected chi connectivity index (χ0v) is 25.4. The molecule has 1 saturated carbocycles. The maximum absolute atomic E-state index is 14.1. The lowest BCUT2D eigenvalue weighted by molar-refractivity contribution is -0.127. The number of rotatable bonds is 7. The quantitative estimate of drug-likeness (QED) is 0.438. The van der Waals surface area contributed by atoms with Crippen molar-refractivity contribution >= 4 is 11.8 Å². The van der Waals surface area contributed by atoms with E-state index in [0.717, 1.165) is 42.6 Å². The fraction of sp³-hybridized carbons (Fsp3) is 0.485. The van der Waals surface area contributed by atoms with Gasteiger partial charge in [0, 0.05) is 30.6 Å². The highest BCUT2D eigenvalue weighted by molar-refractivity contribution is 5.98. The molecule has 1 aliphatic heterocycles. The van der Waals surface area contributed by atoms with Gasteiger partial charge >= 0.3 is 0 Å². The Morgan fingerprint density at radius 1 is 1.00 bits per heavy atom. The first-order chi connectivity index (χ1) is 20.1. The van der Waals surface area contributed by atoms with Gasteiger partial charge in [0.1, 0.15) is 6.04 Å². The van der Waals surface area contributed by atoms with Crippen LogP contribution in [0.5, 0.6) is 11.5 Å². The van der Waals surface area contributed by atoms with Crippen molar-refractivity contribution in [3.63, 3.8) is 0 Å². The Balaban J connectivity index is 1.43. The molecule has 2 heterocycles. The van der Waals surface area contributed by atoms with Crippen molar-refractivity contribution < 1.29 is 19.1 Å². The summed E-state index contributed by atoms with van der Waals surface area (Å²) in [6.45, 7) is 7.51. The van der Waals surface area contributed by atoms with Crippen LogP contribution in [0.25, 0.3) is 0 Å². The molecular weight excluding hydrogens is 530 g/mol. The van der Waals surface area contributed by atoms with E-state index in [4.69, 9.17) is 20.2 Å². The molecule has 0 saturated heterocycles. The van der Waals surface area contributed by atoms with E-state index in [2.05, 4.69) is 54.9 Å². The molecule has 1 atom stereocenters. The van der Waals surface area contributed by atoms with Crippen LogP contribution in [0.1, 0.15) is 79.3 Å². The monoisotopic (exact) mass is 573 g/mol. The minimum atomic E-state index is -0.678. The van der Waals surface area contributed by atoms with Gasteiger partial charge in [0.2, 0.25) is 5.91 Å². The third kappa shape index (κ3) is 6.31. The molecule has 0 spiro atoms. The lowest BCUT2D eigenvalue weighted by Crippen LogP contribution is -2.55. The van der Waals surface area contributed by atoms with Crippen LogP contribution in [0.15, 0.2) is 48.8 Å². The van der Waals surface area contributed by atoms with Crippen LogP contribution in [0.3, 0.4) is 0 Å². The average molecular weight is 574 g/mol. The van der Waals surface area contributed by atoms with E-state index in [-0.39, 0.29) is 35.9 Å². The van der Waals surface area contributed by atoms with Crippen molar-refractivity contribution in [2.24, 2.45) is 5.73 Å². The number of carbonyl (C=O) groups excluding carboxylic acids is 2. The molecule has 1 unspecified atom stereocenters. The van der Waals surface area contributed by atoms with E-state index >= 15 is 0 Å². The SMILES string of the molecule is COc1ccc(C(=O)N2Cc3c(ncn3Cc3ccc(C(C)(C)C)cc3)CC2C(=O)NC2CCC(N)CC2)cc1OC. The zero-order valence-electron chi connectivity index (χ0n) is 25.4. The van der Waals surface area contributed by atoms with Crippen molar-refractivity contribution in [2.75, 3.05) is 14.2 Å². The van der Waals surface area contributed by atoms with Gasteiger partial charge in [0.25, 0.3) is 5.91 Å². The summed E-state index contributed by atoms with van der Waals surface area (Å²) in [5.74, 6) is 0.608. The Hall–Kier alpha value is -3.85. The second-order valence-electron chi connectivity index (χ2n) is 12.6. The number of hydrogen-bond acceptors (Lipinski definition) is 6. The summed E-state index contributed by atoms with van der Waals surface area (Å²) >= 11 is 0. The van der Waals surface area contributed by atoms with E-state index in [1.807, 2.05) is 6.33 Å². The molecule has 5 rings (SSSR count). The maximum atomic E-state index is 14.1. The Kier molecular flexibility index (Phi) is 8.59. The van der Waals surface area contributed by atoms with E-state index in [9.17, 15) is 9.59 Å². The van der Waals surface area contributed by atoms with Gasteiger partial charge in [0.05, 0.1) is 38.5 Å². The maximum Gasteiger partial charge on any atom is 0.255 e. The smallest absolute Gasteiger partial charge is 0.255 e. The van der Waals surface area contributed by atoms with Gasteiger partial charge in [-0.1, -0.05) is 45.0 Å². The number of amides is 2. The van der Waals surface area contributed by atoms with Gasteiger partial charge in [-0.25, -0.2) is 4.98 Å². The van der Waals surface area contributed by atoms with E-state index in [0.29, 0.717) is 30.0 Å². The third-order valence-electron chi connectivity index (χ3n) is 8.60. The Bertz CT molecular complexity index is 1420. The highest BCUT2D eigenvalue weighted by Gasteiger charge is 2.38. The number of nitrogens with zero attached hydrogens (tertiary/aromatic N) is 3. The van der Waals surface area contributed by atoms with Gasteiger partial charge in [-0.15, -0.1) is 0 Å². The third-order valence-corrected chi connectivity index (χ3v) is 8.60. The number of aromatic nitrogens is 2. The fourth-order valence-corrected chi connectivity index (χ4v) is 5.95. The second-order valence-corrected chi connectivity index (χ2v) is 12.6. The van der Waals surface area contributed by atoms with E-state index in [1.165, 1.54) is 12.7 Å². The van der Waals surface area contributed by atoms with Crippen LogP contribution in [-0.4, -0.2) is 58.6 Å². The molecule has 224 valence electrons. The minimum absolute atomic E-state index is 0.0605. The van der Waals surface area contributed by atoms with Crippen molar-refractivity contribution in [3.05, 3.63) is 76.9 Å². The largest absolute Gasteiger partial charge is 0.493 e. The van der Waals surface area contributed by atoms with E-state index < -0.39 is 6.04 Å². The lowest BCUT2D eigenvalue weighted by atomic mass is 9.87. The molecule has 2 aliphatic rings. The zero-order chi connectivity index (χ0) is 30.0. The Labute approximate surface area is 248 Å². The van der Waals surface area contributed by atoms with Crippen molar-refractivity contribution in [2.45, 2.75) is 89.5 Å². The number of fused-ring (bicyclic) bond motifs is 1. The second kappa shape index (κ2) is 12.2. The highest BCUT2D eigenvalue weighted by Crippen LogP contribution is 2.31. The van der Waals surface area contributed by atoms with E-state index in [1.54, 1.807) is 30.2 Å². The number of carbonyl (C=O) groups is 2. The van der Waals surface area contributed by atoms with Crippen molar-refractivity contribution in [1.82, 2.24) is 19.8 Å². The lowest BCUT2D eigenvalue weighted by Gasteiger charge is -2.36. The predicted molar refractivity (Wildman–Crippen MR) is 162 cm³/mol. The van der Waals surface area contributed by atoms with Crippen LogP contribution < -0.4 is 20.5 Å². The molecule has 9 nitrogen and oxygen atoms in total. The summed E-state index contributed by atoms with van der Waals surface area (Å²) in [7, 11) is 3.10. The number of ether oxygens (including phenoxy) is 2. The number of nitrogens with one attached hydrogen (secondary N) is 1. The Morgan fingerprint density at radius 2 is 1.69 bits per heavy atom. The van der Waals surface area contributed by atoms with Crippen LogP contribution in [-0.2, 0) is 29.7 Å². The summed E-state index contributed by atoms with van der Waals surface area (Å²) in [5.41, 5.74) is 10.8. The number of benzene rings is 2. The molecule has 1 aliphatic carbocycles. The molecule has 9 heteroatoms. The number of methoxy groups -OCH3 is 2. The first-order valence-corrected chi connectivity index (χ1v) is 14.8. The summed E-state index contributed by atoms with van der Waals surface area (Å²) in [6, 6.07) is 13.3. The van der Waals surface area contributed by atoms with Crippen LogP contribution in [0.2, 0.25) is 0 Å². The van der Waals surface area contributed by atoms with Gasteiger partial charge in [-0.3, -0.25) is 9.59 Å². The predicted octanol–water partition coefficient (Wildman–Crippen LogP) is 4.20. The molecule has 0 bridgehead atoms. The molecule has 1 fully saturated rings. The first-order valence-electron chi connectivity index (χ1n) is 14.8. The minimum Gasteiger partial charge on any atom is -0.493 e. The topological polar surface area (TPSA) is 112 Å². The Morgan fingerprint density at radius 3 is 2.33 bits per heavy atom. The number of nitrogens with two attached hydrogens (primary N) is 1. The number of hydrogen-bond donors (Lipinski definition) is 2. The van der Waals surface area contributed by atoms with Crippen LogP contribution >= 0.6 is 0 Å².